The third-order valence-corrected chi connectivity index (χ3v) is 3.44. The summed E-state index contributed by atoms with van der Waals surface area (Å²) in [4.78, 5) is 0. The molecule has 0 aliphatic heterocycles. The highest BCUT2D eigenvalue weighted by molar-refractivity contribution is 6.33. The summed E-state index contributed by atoms with van der Waals surface area (Å²) >= 11 is 6.17. The van der Waals surface area contributed by atoms with Gasteiger partial charge in [-0.2, -0.15) is 0 Å². The predicted molar refractivity (Wildman–Crippen MR) is 77.5 cm³/mol. The van der Waals surface area contributed by atoms with E-state index >= 15 is 0 Å². The Morgan fingerprint density at radius 2 is 1.84 bits per heavy atom. The van der Waals surface area contributed by atoms with Crippen LogP contribution in [0.4, 0.5) is 4.39 Å². The van der Waals surface area contributed by atoms with Crippen LogP contribution in [0.1, 0.15) is 25.3 Å². The van der Waals surface area contributed by atoms with Crippen LogP contribution in [0.25, 0.3) is 11.1 Å². The highest BCUT2D eigenvalue weighted by atomic mass is 35.5. The van der Waals surface area contributed by atoms with Crippen LogP contribution in [0.15, 0.2) is 36.4 Å². The van der Waals surface area contributed by atoms with Gasteiger partial charge in [0.15, 0.2) is 0 Å². The predicted octanol–water partition coefficient (Wildman–Crippen LogP) is 5.28. The van der Waals surface area contributed by atoms with Gasteiger partial charge in [0.1, 0.15) is 11.6 Å². The number of ether oxygens (including phenoxy) is 1. The number of hydrogen-bond acceptors (Lipinski definition) is 1. The van der Waals surface area contributed by atoms with E-state index in [9.17, 15) is 4.39 Å². The maximum atomic E-state index is 14.5. The molecule has 3 heteroatoms. The summed E-state index contributed by atoms with van der Waals surface area (Å²) in [5.74, 6) is 0.575. The molecule has 0 aliphatic carbocycles. The van der Waals surface area contributed by atoms with Crippen molar-refractivity contribution < 1.29 is 9.13 Å². The van der Waals surface area contributed by atoms with Crippen LogP contribution in [-0.2, 0) is 0 Å². The molecule has 0 radical (unpaired) electrons. The maximum absolute atomic E-state index is 14.5. The molecule has 2 rings (SSSR count). The normalized spacial score (nSPS) is 10.8. The van der Waals surface area contributed by atoms with Crippen molar-refractivity contribution in [2.24, 2.45) is 0 Å². The Kier molecular flexibility index (Phi) is 4.11. The zero-order valence-corrected chi connectivity index (χ0v) is 12.0. The van der Waals surface area contributed by atoms with E-state index in [1.807, 2.05) is 19.9 Å². The summed E-state index contributed by atoms with van der Waals surface area (Å²) in [6, 6.07) is 10.6. The van der Waals surface area contributed by atoms with E-state index in [1.54, 1.807) is 37.4 Å². The van der Waals surface area contributed by atoms with Crippen molar-refractivity contribution in [1.29, 1.82) is 0 Å². The third kappa shape index (κ3) is 2.74. The standard InChI is InChI=1S/C16H16ClFO/c1-10(2)12-5-4-6-13(16(12)18)14-9-11(19-3)7-8-15(14)17/h4-10H,1-3H3. The Morgan fingerprint density at radius 1 is 1.11 bits per heavy atom. The third-order valence-electron chi connectivity index (χ3n) is 3.11. The van der Waals surface area contributed by atoms with Crippen LogP contribution in [-0.4, -0.2) is 7.11 Å². The molecule has 0 amide bonds. The van der Waals surface area contributed by atoms with Crippen molar-refractivity contribution in [2.75, 3.05) is 7.11 Å². The molecule has 100 valence electrons. The van der Waals surface area contributed by atoms with Gasteiger partial charge >= 0.3 is 0 Å². The first-order valence-electron chi connectivity index (χ1n) is 6.17. The largest absolute Gasteiger partial charge is 0.497 e. The summed E-state index contributed by atoms with van der Waals surface area (Å²) in [7, 11) is 1.58. The Labute approximate surface area is 118 Å². The van der Waals surface area contributed by atoms with Crippen LogP contribution in [0.5, 0.6) is 5.75 Å². The summed E-state index contributed by atoms with van der Waals surface area (Å²) in [5.41, 5.74) is 1.85. The molecule has 0 spiro atoms. The lowest BCUT2D eigenvalue weighted by molar-refractivity contribution is 0.415. The lowest BCUT2D eigenvalue weighted by Gasteiger charge is -2.13. The fourth-order valence-corrected chi connectivity index (χ4v) is 2.26. The molecule has 0 aromatic heterocycles. The second-order valence-electron chi connectivity index (χ2n) is 4.71. The Balaban J connectivity index is 2.62. The second-order valence-corrected chi connectivity index (χ2v) is 5.12. The van der Waals surface area contributed by atoms with Crippen LogP contribution >= 0.6 is 11.6 Å². The molecule has 2 aromatic carbocycles. The van der Waals surface area contributed by atoms with Gasteiger partial charge in [-0.3, -0.25) is 0 Å². The molecule has 0 saturated heterocycles. The number of benzene rings is 2. The summed E-state index contributed by atoms with van der Waals surface area (Å²) in [5, 5.41) is 0.514. The molecule has 2 aromatic rings. The summed E-state index contributed by atoms with van der Waals surface area (Å²) in [6.45, 7) is 3.94. The quantitative estimate of drug-likeness (QED) is 0.742. The molecular weight excluding hydrogens is 263 g/mol. The van der Waals surface area contributed by atoms with E-state index < -0.39 is 0 Å². The van der Waals surface area contributed by atoms with Crippen molar-refractivity contribution in [3.63, 3.8) is 0 Å². The molecule has 0 heterocycles. The van der Waals surface area contributed by atoms with Crippen molar-refractivity contribution in [3.8, 4) is 16.9 Å². The molecule has 0 unspecified atom stereocenters. The van der Waals surface area contributed by atoms with E-state index in [2.05, 4.69) is 0 Å². The van der Waals surface area contributed by atoms with Gasteiger partial charge in [-0.1, -0.05) is 43.6 Å². The van der Waals surface area contributed by atoms with Gasteiger partial charge in [0.05, 0.1) is 7.11 Å². The van der Waals surface area contributed by atoms with Crippen LogP contribution in [0.2, 0.25) is 5.02 Å². The topological polar surface area (TPSA) is 9.23 Å². The first-order chi connectivity index (χ1) is 9.04. The summed E-state index contributed by atoms with van der Waals surface area (Å²) in [6.07, 6.45) is 0. The van der Waals surface area contributed by atoms with E-state index in [-0.39, 0.29) is 11.7 Å². The number of hydrogen-bond donors (Lipinski definition) is 0. The van der Waals surface area contributed by atoms with Gasteiger partial charge in [0.25, 0.3) is 0 Å². The fourth-order valence-electron chi connectivity index (χ4n) is 2.04. The van der Waals surface area contributed by atoms with Gasteiger partial charge in [-0.15, -0.1) is 0 Å². The zero-order chi connectivity index (χ0) is 14.0. The molecule has 0 fully saturated rings. The van der Waals surface area contributed by atoms with Gasteiger partial charge in [0, 0.05) is 16.1 Å². The molecule has 1 nitrogen and oxygen atoms in total. The van der Waals surface area contributed by atoms with Gasteiger partial charge in [-0.05, 0) is 29.7 Å². The number of methoxy groups -OCH3 is 1. The SMILES string of the molecule is COc1ccc(Cl)c(-c2cccc(C(C)C)c2F)c1. The monoisotopic (exact) mass is 278 g/mol. The minimum absolute atomic E-state index is 0.129. The highest BCUT2D eigenvalue weighted by Crippen LogP contribution is 2.35. The Hall–Kier alpha value is -1.54. The molecule has 0 atom stereocenters. The molecule has 0 bridgehead atoms. The molecular formula is C16H16ClFO. The van der Waals surface area contributed by atoms with Crippen molar-refractivity contribution >= 4 is 11.6 Å². The van der Waals surface area contributed by atoms with Crippen LogP contribution in [0, 0.1) is 5.82 Å². The van der Waals surface area contributed by atoms with Crippen molar-refractivity contribution in [3.05, 3.63) is 52.8 Å². The molecule has 19 heavy (non-hydrogen) atoms. The average Bonchev–Trinajstić information content (AvgIpc) is 2.39. The van der Waals surface area contributed by atoms with Crippen molar-refractivity contribution in [1.82, 2.24) is 0 Å². The Bertz CT molecular complexity index is 593. The molecule has 0 N–H and O–H groups in total. The second kappa shape index (κ2) is 5.62. The number of rotatable bonds is 3. The first-order valence-corrected chi connectivity index (χ1v) is 6.54. The smallest absolute Gasteiger partial charge is 0.134 e. The zero-order valence-electron chi connectivity index (χ0n) is 11.2. The highest BCUT2D eigenvalue weighted by Gasteiger charge is 2.15. The molecule has 0 saturated carbocycles. The van der Waals surface area contributed by atoms with E-state index in [0.29, 0.717) is 27.5 Å². The molecule has 0 aliphatic rings. The van der Waals surface area contributed by atoms with Gasteiger partial charge in [0.2, 0.25) is 0 Å². The van der Waals surface area contributed by atoms with E-state index in [0.717, 1.165) is 0 Å². The first kappa shape index (κ1) is 13.9. The van der Waals surface area contributed by atoms with Crippen LogP contribution in [0.3, 0.4) is 0 Å². The fraction of sp³-hybridized carbons (Fsp3) is 0.250. The lowest BCUT2D eigenvalue weighted by atomic mass is 9.96. The van der Waals surface area contributed by atoms with E-state index in [1.165, 1.54) is 0 Å². The number of halogens is 2. The Morgan fingerprint density at radius 3 is 2.47 bits per heavy atom. The summed E-state index contributed by atoms with van der Waals surface area (Å²) < 4.78 is 19.7. The lowest BCUT2D eigenvalue weighted by Crippen LogP contribution is -1.96. The van der Waals surface area contributed by atoms with E-state index in [4.69, 9.17) is 16.3 Å². The average molecular weight is 279 g/mol. The minimum atomic E-state index is -0.215. The minimum Gasteiger partial charge on any atom is -0.497 e. The van der Waals surface area contributed by atoms with Gasteiger partial charge in [-0.25, -0.2) is 4.39 Å². The van der Waals surface area contributed by atoms with Gasteiger partial charge < -0.3 is 4.74 Å². The maximum Gasteiger partial charge on any atom is 0.134 e. The van der Waals surface area contributed by atoms with Crippen LogP contribution < -0.4 is 4.74 Å². The van der Waals surface area contributed by atoms with Crippen molar-refractivity contribution in [2.45, 2.75) is 19.8 Å².